The van der Waals surface area contributed by atoms with Crippen molar-refractivity contribution >= 4 is 23.4 Å². The van der Waals surface area contributed by atoms with Crippen molar-refractivity contribution in [3.05, 3.63) is 46.7 Å². The van der Waals surface area contributed by atoms with Gasteiger partial charge in [-0.15, -0.1) is 0 Å². The van der Waals surface area contributed by atoms with Crippen molar-refractivity contribution < 1.29 is 0 Å². The smallest absolute Gasteiger partial charge is 0.192 e. The van der Waals surface area contributed by atoms with Gasteiger partial charge in [0.25, 0.3) is 0 Å². The summed E-state index contributed by atoms with van der Waals surface area (Å²) in [6.45, 7) is 1.93. The van der Waals surface area contributed by atoms with Crippen LogP contribution >= 0.6 is 23.4 Å². The summed E-state index contributed by atoms with van der Waals surface area (Å²) in [6, 6.07) is 7.42. The quantitative estimate of drug-likeness (QED) is 0.777. The van der Waals surface area contributed by atoms with Gasteiger partial charge in [-0.25, -0.2) is 9.97 Å². The third kappa shape index (κ3) is 2.76. The van der Waals surface area contributed by atoms with Crippen LogP contribution in [0.4, 0.5) is 0 Å². The Balaban J connectivity index is 2.34. The molecular formula is C12H8ClN3S. The molecule has 2 rings (SSSR count). The van der Waals surface area contributed by atoms with Crippen molar-refractivity contribution in [2.45, 2.75) is 17.0 Å². The van der Waals surface area contributed by atoms with E-state index in [9.17, 15) is 0 Å². The molecule has 2 aromatic rings. The lowest BCUT2D eigenvalue weighted by Gasteiger charge is -2.03. The standard InChI is InChI=1S/C12H8ClN3S/c1-8-6-15-12(16-7-8)17-11-4-2-3-10(13)9(11)5-14/h2-4,6-7H,1H3. The lowest BCUT2D eigenvalue weighted by atomic mass is 10.2. The summed E-state index contributed by atoms with van der Waals surface area (Å²) in [7, 11) is 0. The van der Waals surface area contributed by atoms with Gasteiger partial charge in [-0.2, -0.15) is 5.26 Å². The van der Waals surface area contributed by atoms with E-state index in [4.69, 9.17) is 16.9 Å². The maximum Gasteiger partial charge on any atom is 0.192 e. The molecule has 84 valence electrons. The lowest BCUT2D eigenvalue weighted by Crippen LogP contribution is -1.88. The number of nitrogens with zero attached hydrogens (tertiary/aromatic N) is 3. The second-order valence-electron chi connectivity index (χ2n) is 3.37. The van der Waals surface area contributed by atoms with Crippen molar-refractivity contribution in [2.75, 3.05) is 0 Å². The summed E-state index contributed by atoms with van der Waals surface area (Å²) >= 11 is 7.28. The molecule has 0 unspecified atom stereocenters. The molecule has 1 heterocycles. The first kappa shape index (κ1) is 11.9. The lowest BCUT2D eigenvalue weighted by molar-refractivity contribution is 0.950. The van der Waals surface area contributed by atoms with Gasteiger partial charge < -0.3 is 0 Å². The van der Waals surface area contributed by atoms with E-state index in [1.807, 2.05) is 13.0 Å². The van der Waals surface area contributed by atoms with Crippen LogP contribution in [0.1, 0.15) is 11.1 Å². The van der Waals surface area contributed by atoms with Crippen LogP contribution in [0.5, 0.6) is 0 Å². The summed E-state index contributed by atoms with van der Waals surface area (Å²) in [6.07, 6.45) is 3.48. The average Bonchev–Trinajstić information content (AvgIpc) is 2.32. The first-order chi connectivity index (χ1) is 8.20. The van der Waals surface area contributed by atoms with Gasteiger partial charge in [-0.1, -0.05) is 17.7 Å². The number of benzene rings is 1. The molecule has 0 N–H and O–H groups in total. The van der Waals surface area contributed by atoms with Crippen LogP contribution in [0, 0.1) is 18.3 Å². The molecule has 3 nitrogen and oxygen atoms in total. The number of hydrogen-bond donors (Lipinski definition) is 0. The molecule has 0 aliphatic carbocycles. The Morgan fingerprint density at radius 1 is 1.29 bits per heavy atom. The minimum absolute atomic E-state index is 0.449. The number of hydrogen-bond acceptors (Lipinski definition) is 4. The molecule has 0 amide bonds. The molecule has 17 heavy (non-hydrogen) atoms. The van der Waals surface area contributed by atoms with E-state index in [0.29, 0.717) is 15.7 Å². The molecule has 0 spiro atoms. The Hall–Kier alpha value is -1.57. The van der Waals surface area contributed by atoms with E-state index < -0.39 is 0 Å². The Morgan fingerprint density at radius 2 is 2.00 bits per heavy atom. The molecule has 0 aliphatic heterocycles. The Morgan fingerprint density at radius 3 is 2.65 bits per heavy atom. The van der Waals surface area contributed by atoms with Crippen molar-refractivity contribution in [1.29, 1.82) is 5.26 Å². The van der Waals surface area contributed by atoms with Crippen LogP contribution < -0.4 is 0 Å². The van der Waals surface area contributed by atoms with Gasteiger partial charge in [-0.3, -0.25) is 0 Å². The summed E-state index contributed by atoms with van der Waals surface area (Å²) in [5.41, 5.74) is 1.46. The molecule has 0 radical (unpaired) electrons. The molecule has 0 saturated heterocycles. The zero-order valence-electron chi connectivity index (χ0n) is 9.01. The summed E-state index contributed by atoms with van der Waals surface area (Å²) in [4.78, 5) is 9.12. The van der Waals surface area contributed by atoms with Gasteiger partial charge in [0.2, 0.25) is 0 Å². The zero-order valence-corrected chi connectivity index (χ0v) is 10.6. The van der Waals surface area contributed by atoms with E-state index in [0.717, 1.165) is 10.5 Å². The number of aromatic nitrogens is 2. The first-order valence-corrected chi connectivity index (χ1v) is 6.05. The van der Waals surface area contributed by atoms with Crippen LogP contribution in [0.25, 0.3) is 0 Å². The van der Waals surface area contributed by atoms with E-state index in [1.54, 1.807) is 24.5 Å². The summed E-state index contributed by atoms with van der Waals surface area (Å²) in [5, 5.41) is 10.1. The molecule has 0 aliphatic rings. The van der Waals surface area contributed by atoms with Gasteiger partial charge >= 0.3 is 0 Å². The maximum absolute atomic E-state index is 9.03. The fraction of sp³-hybridized carbons (Fsp3) is 0.0833. The second-order valence-corrected chi connectivity index (χ2v) is 4.79. The van der Waals surface area contributed by atoms with E-state index in [2.05, 4.69) is 16.0 Å². The Bertz CT molecular complexity index is 575. The number of rotatable bonds is 2. The predicted molar refractivity (Wildman–Crippen MR) is 67.1 cm³/mol. The fourth-order valence-electron chi connectivity index (χ4n) is 1.23. The van der Waals surface area contributed by atoms with Gasteiger partial charge in [0.05, 0.1) is 10.6 Å². The average molecular weight is 262 g/mol. The highest BCUT2D eigenvalue weighted by Crippen LogP contribution is 2.31. The van der Waals surface area contributed by atoms with Crippen LogP contribution in [0.3, 0.4) is 0 Å². The minimum atomic E-state index is 0.449. The fourth-order valence-corrected chi connectivity index (χ4v) is 2.31. The third-order valence-corrected chi connectivity index (χ3v) is 3.31. The topological polar surface area (TPSA) is 49.6 Å². The van der Waals surface area contributed by atoms with Crippen LogP contribution in [0.15, 0.2) is 40.6 Å². The zero-order chi connectivity index (χ0) is 12.3. The van der Waals surface area contributed by atoms with Gasteiger partial charge in [0.1, 0.15) is 6.07 Å². The van der Waals surface area contributed by atoms with E-state index in [1.165, 1.54) is 11.8 Å². The minimum Gasteiger partial charge on any atom is -0.231 e. The van der Waals surface area contributed by atoms with Gasteiger partial charge in [0.15, 0.2) is 5.16 Å². The molecule has 0 bridgehead atoms. The van der Waals surface area contributed by atoms with Crippen LogP contribution in [-0.2, 0) is 0 Å². The summed E-state index contributed by atoms with van der Waals surface area (Å²) in [5.74, 6) is 0. The Kier molecular flexibility index (Phi) is 3.62. The van der Waals surface area contributed by atoms with Crippen molar-refractivity contribution in [1.82, 2.24) is 9.97 Å². The van der Waals surface area contributed by atoms with Gasteiger partial charge in [-0.05, 0) is 36.4 Å². The molecule has 0 fully saturated rings. The molecule has 1 aromatic heterocycles. The number of halogens is 1. The van der Waals surface area contributed by atoms with E-state index >= 15 is 0 Å². The molecule has 0 saturated carbocycles. The molecule has 1 aromatic carbocycles. The SMILES string of the molecule is Cc1cnc(Sc2cccc(Cl)c2C#N)nc1. The van der Waals surface area contributed by atoms with Crippen LogP contribution in [-0.4, -0.2) is 9.97 Å². The van der Waals surface area contributed by atoms with Crippen molar-refractivity contribution in [2.24, 2.45) is 0 Å². The monoisotopic (exact) mass is 261 g/mol. The van der Waals surface area contributed by atoms with Crippen molar-refractivity contribution in [3.63, 3.8) is 0 Å². The highest BCUT2D eigenvalue weighted by Gasteiger charge is 2.09. The first-order valence-electron chi connectivity index (χ1n) is 4.86. The summed E-state index contributed by atoms with van der Waals surface area (Å²) < 4.78 is 0. The van der Waals surface area contributed by atoms with E-state index in [-0.39, 0.29) is 0 Å². The second kappa shape index (κ2) is 5.17. The van der Waals surface area contributed by atoms with Crippen molar-refractivity contribution in [3.8, 4) is 6.07 Å². The normalized spacial score (nSPS) is 9.94. The number of nitriles is 1. The molecular weight excluding hydrogens is 254 g/mol. The largest absolute Gasteiger partial charge is 0.231 e. The molecule has 5 heteroatoms. The molecule has 0 atom stereocenters. The van der Waals surface area contributed by atoms with Gasteiger partial charge in [0, 0.05) is 17.3 Å². The highest BCUT2D eigenvalue weighted by molar-refractivity contribution is 7.99. The predicted octanol–water partition coefficient (Wildman–Crippen LogP) is 3.46. The third-order valence-electron chi connectivity index (χ3n) is 2.05. The van der Waals surface area contributed by atoms with Crippen LogP contribution in [0.2, 0.25) is 5.02 Å². The Labute approximate surface area is 108 Å². The maximum atomic E-state index is 9.03. The highest BCUT2D eigenvalue weighted by atomic mass is 35.5. The number of aryl methyl sites for hydroxylation is 1.